The molecule has 0 aliphatic rings. The van der Waals surface area contributed by atoms with Crippen LogP contribution in [0, 0.1) is 6.92 Å². The van der Waals surface area contributed by atoms with Crippen LogP contribution in [0.2, 0.25) is 0 Å². The van der Waals surface area contributed by atoms with Gasteiger partial charge in [-0.25, -0.2) is 4.98 Å². The number of aryl methyl sites for hydroxylation is 1. The SMILES string of the molecule is Cc1ccc(C(=O)NC[C@@H](C)c2ccccc2)cc1-n1nnc2cccnc21. The van der Waals surface area contributed by atoms with Crippen LogP contribution >= 0.6 is 0 Å². The van der Waals surface area contributed by atoms with Crippen LogP contribution in [0.15, 0.2) is 66.9 Å². The predicted molar refractivity (Wildman–Crippen MR) is 109 cm³/mol. The van der Waals surface area contributed by atoms with Crippen LogP contribution in [0.1, 0.15) is 34.3 Å². The summed E-state index contributed by atoms with van der Waals surface area (Å²) in [5.41, 5.74) is 4.96. The highest BCUT2D eigenvalue weighted by Crippen LogP contribution is 2.20. The molecular formula is C22H21N5O. The lowest BCUT2D eigenvalue weighted by atomic mass is 10.0. The fraction of sp³-hybridized carbons (Fsp3) is 0.182. The number of rotatable bonds is 5. The lowest BCUT2D eigenvalue weighted by molar-refractivity contribution is 0.0951. The highest BCUT2D eigenvalue weighted by molar-refractivity contribution is 5.95. The molecule has 0 aliphatic carbocycles. The number of aromatic nitrogens is 4. The maximum Gasteiger partial charge on any atom is 0.251 e. The van der Waals surface area contributed by atoms with Gasteiger partial charge in [0.15, 0.2) is 5.65 Å². The number of pyridine rings is 1. The van der Waals surface area contributed by atoms with Crippen molar-refractivity contribution in [2.45, 2.75) is 19.8 Å². The van der Waals surface area contributed by atoms with E-state index in [1.807, 2.05) is 55.5 Å². The molecule has 2 aromatic heterocycles. The van der Waals surface area contributed by atoms with Crippen molar-refractivity contribution in [2.24, 2.45) is 0 Å². The molecule has 4 rings (SSSR count). The summed E-state index contributed by atoms with van der Waals surface area (Å²) in [5, 5.41) is 11.4. The summed E-state index contributed by atoms with van der Waals surface area (Å²) in [5.74, 6) is 0.125. The Morgan fingerprint density at radius 1 is 1.11 bits per heavy atom. The van der Waals surface area contributed by atoms with E-state index >= 15 is 0 Å². The second-order valence-corrected chi connectivity index (χ2v) is 6.87. The molecule has 6 nitrogen and oxygen atoms in total. The highest BCUT2D eigenvalue weighted by Gasteiger charge is 2.14. The third-order valence-electron chi connectivity index (χ3n) is 4.85. The van der Waals surface area contributed by atoms with Crippen molar-refractivity contribution < 1.29 is 4.79 Å². The fourth-order valence-electron chi connectivity index (χ4n) is 3.15. The van der Waals surface area contributed by atoms with E-state index < -0.39 is 0 Å². The number of nitrogens with one attached hydrogen (secondary N) is 1. The van der Waals surface area contributed by atoms with E-state index in [2.05, 4.69) is 39.7 Å². The van der Waals surface area contributed by atoms with Crippen LogP contribution in [0.3, 0.4) is 0 Å². The summed E-state index contributed by atoms with van der Waals surface area (Å²) in [6.07, 6.45) is 1.71. The van der Waals surface area contributed by atoms with Gasteiger partial charge in [-0.05, 0) is 48.2 Å². The molecule has 1 atom stereocenters. The van der Waals surface area contributed by atoms with Crippen molar-refractivity contribution in [3.8, 4) is 5.69 Å². The lowest BCUT2D eigenvalue weighted by Crippen LogP contribution is -2.27. The van der Waals surface area contributed by atoms with Gasteiger partial charge >= 0.3 is 0 Å². The van der Waals surface area contributed by atoms with Gasteiger partial charge in [0, 0.05) is 18.3 Å². The molecule has 4 aromatic rings. The Bertz CT molecular complexity index is 1120. The molecule has 0 unspecified atom stereocenters. The fourth-order valence-corrected chi connectivity index (χ4v) is 3.15. The van der Waals surface area contributed by atoms with E-state index in [1.54, 1.807) is 10.9 Å². The number of benzene rings is 2. The monoisotopic (exact) mass is 371 g/mol. The molecule has 1 amide bonds. The van der Waals surface area contributed by atoms with Crippen LogP contribution in [-0.4, -0.2) is 32.4 Å². The van der Waals surface area contributed by atoms with Crippen molar-refractivity contribution in [2.75, 3.05) is 6.54 Å². The van der Waals surface area contributed by atoms with Crippen molar-refractivity contribution in [1.82, 2.24) is 25.3 Å². The van der Waals surface area contributed by atoms with Gasteiger partial charge in [-0.1, -0.05) is 48.5 Å². The lowest BCUT2D eigenvalue weighted by Gasteiger charge is -2.14. The molecule has 0 bridgehead atoms. The summed E-state index contributed by atoms with van der Waals surface area (Å²) in [4.78, 5) is 17.1. The first-order valence-electron chi connectivity index (χ1n) is 9.24. The molecule has 2 heterocycles. The third-order valence-corrected chi connectivity index (χ3v) is 4.85. The Kier molecular flexibility index (Phi) is 4.85. The van der Waals surface area contributed by atoms with E-state index in [-0.39, 0.29) is 11.8 Å². The zero-order valence-electron chi connectivity index (χ0n) is 15.8. The molecule has 140 valence electrons. The summed E-state index contributed by atoms with van der Waals surface area (Å²) in [6, 6.07) is 19.4. The Morgan fingerprint density at radius 2 is 1.93 bits per heavy atom. The normalized spacial score (nSPS) is 12.1. The summed E-state index contributed by atoms with van der Waals surface area (Å²) < 4.78 is 1.67. The van der Waals surface area contributed by atoms with Crippen molar-refractivity contribution in [3.63, 3.8) is 0 Å². The van der Waals surface area contributed by atoms with Crippen molar-refractivity contribution in [1.29, 1.82) is 0 Å². The molecule has 28 heavy (non-hydrogen) atoms. The van der Waals surface area contributed by atoms with Crippen LogP contribution in [-0.2, 0) is 0 Å². The highest BCUT2D eigenvalue weighted by atomic mass is 16.1. The first-order valence-corrected chi connectivity index (χ1v) is 9.24. The summed E-state index contributed by atoms with van der Waals surface area (Å²) in [6.45, 7) is 4.65. The topological polar surface area (TPSA) is 72.7 Å². The van der Waals surface area contributed by atoms with E-state index in [9.17, 15) is 4.79 Å². The number of fused-ring (bicyclic) bond motifs is 1. The van der Waals surface area contributed by atoms with Gasteiger partial charge < -0.3 is 5.32 Å². The molecule has 0 spiro atoms. The number of nitrogens with zero attached hydrogens (tertiary/aromatic N) is 4. The molecule has 6 heteroatoms. The maximum absolute atomic E-state index is 12.7. The molecule has 1 N–H and O–H groups in total. The molecule has 2 aromatic carbocycles. The molecule has 0 saturated carbocycles. The second-order valence-electron chi connectivity index (χ2n) is 6.87. The molecule has 0 saturated heterocycles. The van der Waals surface area contributed by atoms with E-state index in [0.717, 1.165) is 11.3 Å². The Balaban J connectivity index is 1.56. The standard InChI is InChI=1S/C22H21N5O/c1-15-10-11-18(22(28)24-14-16(2)17-7-4-3-5-8-17)13-20(15)27-21-19(25-26-27)9-6-12-23-21/h3-13,16H,14H2,1-2H3,(H,24,28)/t16-/m1/s1. The Labute approximate surface area is 163 Å². The summed E-state index contributed by atoms with van der Waals surface area (Å²) >= 11 is 0. The van der Waals surface area contributed by atoms with Crippen LogP contribution in [0.25, 0.3) is 16.9 Å². The van der Waals surface area contributed by atoms with Crippen LogP contribution < -0.4 is 5.32 Å². The smallest absolute Gasteiger partial charge is 0.251 e. The second kappa shape index (κ2) is 7.60. The third kappa shape index (κ3) is 3.49. The van der Waals surface area contributed by atoms with E-state index in [4.69, 9.17) is 0 Å². The number of hydrogen-bond acceptors (Lipinski definition) is 4. The maximum atomic E-state index is 12.7. The van der Waals surface area contributed by atoms with Gasteiger partial charge in [-0.2, -0.15) is 4.68 Å². The number of amides is 1. The minimum absolute atomic E-state index is 0.110. The number of carbonyl (C=O) groups excluding carboxylic acids is 1. The first kappa shape index (κ1) is 17.9. The minimum Gasteiger partial charge on any atom is -0.351 e. The van der Waals surface area contributed by atoms with Crippen molar-refractivity contribution >= 4 is 17.1 Å². The zero-order chi connectivity index (χ0) is 19.5. The molecule has 0 radical (unpaired) electrons. The van der Waals surface area contributed by atoms with Crippen LogP contribution in [0.4, 0.5) is 0 Å². The zero-order valence-corrected chi connectivity index (χ0v) is 15.8. The van der Waals surface area contributed by atoms with E-state index in [0.29, 0.717) is 23.3 Å². The molecule has 0 aliphatic heterocycles. The van der Waals surface area contributed by atoms with Gasteiger partial charge in [-0.3, -0.25) is 4.79 Å². The number of hydrogen-bond donors (Lipinski definition) is 1. The average Bonchev–Trinajstić information content (AvgIpc) is 3.16. The molecular weight excluding hydrogens is 350 g/mol. The van der Waals surface area contributed by atoms with Gasteiger partial charge in [-0.15, -0.1) is 5.10 Å². The van der Waals surface area contributed by atoms with Gasteiger partial charge in [0.2, 0.25) is 0 Å². The van der Waals surface area contributed by atoms with Crippen molar-refractivity contribution in [3.05, 3.63) is 83.6 Å². The van der Waals surface area contributed by atoms with Crippen LogP contribution in [0.5, 0.6) is 0 Å². The largest absolute Gasteiger partial charge is 0.351 e. The Hall–Kier alpha value is -3.54. The quantitative estimate of drug-likeness (QED) is 0.581. The predicted octanol–water partition coefficient (Wildman–Crippen LogP) is 3.66. The Morgan fingerprint density at radius 3 is 2.75 bits per heavy atom. The van der Waals surface area contributed by atoms with Gasteiger partial charge in [0.25, 0.3) is 5.91 Å². The average molecular weight is 371 g/mol. The van der Waals surface area contributed by atoms with Gasteiger partial charge in [0.05, 0.1) is 5.69 Å². The first-order chi connectivity index (χ1) is 13.6. The molecule has 0 fully saturated rings. The van der Waals surface area contributed by atoms with E-state index in [1.165, 1.54) is 5.56 Å². The minimum atomic E-state index is -0.110. The summed E-state index contributed by atoms with van der Waals surface area (Å²) in [7, 11) is 0. The van der Waals surface area contributed by atoms with Gasteiger partial charge in [0.1, 0.15) is 5.52 Å². The number of carbonyl (C=O) groups is 1.